The van der Waals surface area contributed by atoms with Gasteiger partial charge in [-0.25, -0.2) is 9.59 Å². The lowest BCUT2D eigenvalue weighted by atomic mass is 9.95. The first-order chi connectivity index (χ1) is 41.1. The van der Waals surface area contributed by atoms with Crippen molar-refractivity contribution in [3.05, 3.63) is 87.9 Å². The number of benzene rings is 4. The number of aliphatic carboxylic acids is 2. The van der Waals surface area contributed by atoms with Gasteiger partial charge in [0.05, 0.1) is 59.0 Å². The Kier molecular flexibility index (Phi) is 21.2. The summed E-state index contributed by atoms with van der Waals surface area (Å²) >= 11 is 6.60. The molecule has 31 nitrogen and oxygen atoms in total. The molecule has 0 saturated carbocycles. The third kappa shape index (κ3) is 14.5. The van der Waals surface area contributed by atoms with Crippen LogP contribution in [0.2, 0.25) is 0 Å². The maximum atomic E-state index is 14.8. The second kappa shape index (κ2) is 28.3. The molecule has 2 amide bonds. The summed E-state index contributed by atoms with van der Waals surface area (Å²) in [6, 6.07) is 13.3. The van der Waals surface area contributed by atoms with E-state index in [1.54, 1.807) is 13.0 Å². The van der Waals surface area contributed by atoms with Gasteiger partial charge in [0, 0.05) is 77.4 Å². The molecule has 9 N–H and O–H groups in total. The van der Waals surface area contributed by atoms with E-state index in [9.17, 15) is 68.4 Å². The van der Waals surface area contributed by atoms with Crippen LogP contribution in [-0.4, -0.2) is 230 Å². The average Bonchev–Trinajstić information content (AvgIpc) is 1.64. The Hall–Kier alpha value is -7.53. The molecule has 86 heavy (non-hydrogen) atoms. The predicted octanol–water partition coefficient (Wildman–Crippen LogP) is 1.39. The summed E-state index contributed by atoms with van der Waals surface area (Å²) in [5.41, 5.74) is 8.97. The standard InChI is InChI=1S/C53H61ClN6O25S/c1-4-79-36-19-26-17-32(57-31(26)21-37(36)81-53-45(66)41(62)43(64)47(83-53)51(71)72)49(68)60-24-27(23-54)39-30-20-28(75-3)6-7-29(30)35(22-33(39)60)84-86(73,74)85-38-18-25(5-8-34(38)80-52-44(65)40(61)42(63)46(82-52)50(69)70)48(67)59(2)10-12-77-14-16-78-15-13-76-11-9-56-58-55/h5-8,17-22,27,40-47,52-53,57,61-66H,4,9-16,23-24H2,1-3H3,(H,69,70)(H,71,72)/t27-,40+,41+,42+,43+,44-,45-,46+,47+,52-,53?/m1/s1. The molecule has 1 unspecified atom stereocenters. The molecule has 0 spiro atoms. The molecule has 466 valence electrons. The van der Waals surface area contributed by atoms with Crippen molar-refractivity contribution in [3.63, 3.8) is 0 Å². The minimum absolute atomic E-state index is 0.0147. The maximum absolute atomic E-state index is 14.8. The summed E-state index contributed by atoms with van der Waals surface area (Å²) in [6.45, 7) is 2.97. The first-order valence-electron chi connectivity index (χ1n) is 26.4. The quantitative estimate of drug-likeness (QED) is 0.0112. The Balaban J connectivity index is 1.08. The Labute approximate surface area is 493 Å². The number of aliphatic hydroxyl groups is 6. The number of azide groups is 1. The summed E-state index contributed by atoms with van der Waals surface area (Å²) in [6.07, 6.45) is -20.3. The van der Waals surface area contributed by atoms with Crippen LogP contribution in [0.15, 0.2) is 65.8 Å². The van der Waals surface area contributed by atoms with Gasteiger partial charge in [0.15, 0.2) is 41.0 Å². The number of anilines is 1. The molecule has 11 atom stereocenters. The van der Waals surface area contributed by atoms with E-state index in [4.69, 9.17) is 68.1 Å². The van der Waals surface area contributed by atoms with Gasteiger partial charge in [-0.1, -0.05) is 5.11 Å². The summed E-state index contributed by atoms with van der Waals surface area (Å²) in [4.78, 5) is 60.7. The van der Waals surface area contributed by atoms with E-state index in [2.05, 4.69) is 15.0 Å². The van der Waals surface area contributed by atoms with Gasteiger partial charge in [-0.15, -0.1) is 20.0 Å². The average molecular weight is 1250 g/mol. The number of aliphatic hydroxyl groups excluding tert-OH is 6. The molecule has 0 radical (unpaired) electrons. The predicted molar refractivity (Wildman–Crippen MR) is 295 cm³/mol. The fourth-order valence-corrected chi connectivity index (χ4v) is 10.5. The highest BCUT2D eigenvalue weighted by Gasteiger charge is 2.50. The smallest absolute Gasteiger partial charge is 0.497 e. The first-order valence-corrected chi connectivity index (χ1v) is 28.2. The van der Waals surface area contributed by atoms with Crippen molar-refractivity contribution in [2.75, 3.05) is 90.8 Å². The van der Waals surface area contributed by atoms with Gasteiger partial charge in [-0.3, -0.25) is 9.59 Å². The number of fused-ring (bicyclic) bond motifs is 4. The van der Waals surface area contributed by atoms with Crippen LogP contribution in [0.5, 0.6) is 34.5 Å². The number of rotatable bonds is 28. The summed E-state index contributed by atoms with van der Waals surface area (Å²) in [5.74, 6) is -6.92. The van der Waals surface area contributed by atoms with Gasteiger partial charge >= 0.3 is 22.3 Å². The highest BCUT2D eigenvalue weighted by molar-refractivity contribution is 7.82. The molecule has 8 rings (SSSR count). The molecule has 3 aliphatic heterocycles. The lowest BCUT2D eigenvalue weighted by Gasteiger charge is -2.38. The number of carbonyl (C=O) groups excluding carboxylic acids is 2. The monoisotopic (exact) mass is 1250 g/mol. The zero-order chi connectivity index (χ0) is 62.1. The number of H-pyrrole nitrogens is 1. The number of ether oxygens (including phenoxy) is 9. The number of hydrogen-bond acceptors (Lipinski definition) is 24. The van der Waals surface area contributed by atoms with Gasteiger partial charge < -0.3 is 107 Å². The second-order valence-electron chi connectivity index (χ2n) is 19.4. The molecule has 3 aliphatic rings. The largest absolute Gasteiger partial charge is 0.501 e. The third-order valence-electron chi connectivity index (χ3n) is 13.8. The topological polar surface area (TPSA) is 437 Å². The Morgan fingerprint density at radius 3 is 1.97 bits per heavy atom. The van der Waals surface area contributed by atoms with Crippen molar-refractivity contribution >= 4 is 73.1 Å². The zero-order valence-corrected chi connectivity index (χ0v) is 47.5. The Morgan fingerprint density at radius 1 is 0.744 bits per heavy atom. The van der Waals surface area contributed by atoms with Gasteiger partial charge in [0.25, 0.3) is 11.8 Å². The van der Waals surface area contributed by atoms with Crippen molar-refractivity contribution < 1.29 is 119 Å². The highest BCUT2D eigenvalue weighted by atomic mass is 35.5. The van der Waals surface area contributed by atoms with Crippen molar-refractivity contribution in [2.45, 2.75) is 74.3 Å². The minimum Gasteiger partial charge on any atom is -0.497 e. The van der Waals surface area contributed by atoms with Crippen molar-refractivity contribution in [1.82, 2.24) is 9.88 Å². The molecule has 0 aliphatic carbocycles. The molecule has 2 saturated heterocycles. The maximum Gasteiger partial charge on any atom is 0.501 e. The van der Waals surface area contributed by atoms with E-state index < -0.39 is 119 Å². The van der Waals surface area contributed by atoms with Crippen LogP contribution < -0.4 is 32.2 Å². The fraction of sp³-hybridized carbons (Fsp3) is 0.472. The van der Waals surface area contributed by atoms with Gasteiger partial charge in [-0.05, 0) is 71.9 Å². The van der Waals surface area contributed by atoms with Gasteiger partial charge in [0.1, 0.15) is 48.1 Å². The molecular weight excluding hydrogens is 1190 g/mol. The number of nitrogens with one attached hydrogen (secondary N) is 1. The number of carboxylic acids is 2. The SMILES string of the molecule is CCOc1cc2cc(C(=O)N3C[C@@H](CCl)c4c3cc(OS(=O)(=O)Oc3cc(C(=O)N(C)CCOCCOCCOCCN=[N+]=[N-])ccc3O[C@@H]3O[C@H](C(=O)O)[C@@H](O)[C@H](O)[C@H]3O)c3ccc(OC)cc43)[nH]c2cc1OC1O[C@H](C(=O)O)[C@@H](O)[C@H](O)[C@H]1O. The zero-order valence-electron chi connectivity index (χ0n) is 45.9. The molecule has 2 fully saturated rings. The molecule has 4 heterocycles. The van der Waals surface area contributed by atoms with Gasteiger partial charge in [-0.2, -0.15) is 0 Å². The number of carboxylic acid groups (broad SMARTS) is 2. The van der Waals surface area contributed by atoms with E-state index in [0.717, 1.165) is 12.1 Å². The van der Waals surface area contributed by atoms with Crippen LogP contribution in [0, 0.1) is 0 Å². The number of alkyl halides is 1. The molecule has 1 aromatic heterocycles. The van der Waals surface area contributed by atoms with Crippen LogP contribution in [0.4, 0.5) is 5.69 Å². The number of carbonyl (C=O) groups is 4. The third-order valence-corrected chi connectivity index (χ3v) is 15.0. The van der Waals surface area contributed by atoms with Crippen LogP contribution in [-0.2, 0) is 43.7 Å². The van der Waals surface area contributed by atoms with Crippen LogP contribution >= 0.6 is 11.6 Å². The Morgan fingerprint density at radius 2 is 1.36 bits per heavy atom. The number of likely N-dealkylation sites (N-methyl/N-ethyl adjacent to an activating group) is 1. The van der Waals surface area contributed by atoms with Crippen molar-refractivity contribution in [1.29, 1.82) is 0 Å². The van der Waals surface area contributed by atoms with Crippen LogP contribution in [0.25, 0.3) is 32.1 Å². The van der Waals surface area contributed by atoms with Crippen LogP contribution in [0.1, 0.15) is 39.3 Å². The number of hydrogen-bond donors (Lipinski definition) is 9. The first kappa shape index (κ1) is 64.5. The highest BCUT2D eigenvalue weighted by Crippen LogP contribution is 2.48. The fourth-order valence-electron chi connectivity index (χ4n) is 9.52. The lowest BCUT2D eigenvalue weighted by Crippen LogP contribution is -2.61. The van der Waals surface area contributed by atoms with Gasteiger partial charge in [0.2, 0.25) is 12.6 Å². The molecule has 5 aromatic rings. The minimum atomic E-state index is -5.42. The lowest BCUT2D eigenvalue weighted by molar-refractivity contribution is -0.271. The van der Waals surface area contributed by atoms with E-state index in [0.29, 0.717) is 22.1 Å². The summed E-state index contributed by atoms with van der Waals surface area (Å²) in [7, 11) is -2.60. The summed E-state index contributed by atoms with van der Waals surface area (Å²) in [5, 5.41) is 86.6. The molecular formula is C53H61ClN6O25S. The molecule has 4 aromatic carbocycles. The van der Waals surface area contributed by atoms with E-state index >= 15 is 0 Å². The molecule has 0 bridgehead atoms. The number of aromatic nitrogens is 1. The van der Waals surface area contributed by atoms with E-state index in [-0.39, 0.29) is 111 Å². The second-order valence-corrected chi connectivity index (χ2v) is 20.9. The number of methoxy groups -OCH3 is 1. The van der Waals surface area contributed by atoms with Crippen LogP contribution in [0.3, 0.4) is 0 Å². The number of amides is 2. The number of halogens is 1. The number of aromatic amines is 1. The summed E-state index contributed by atoms with van der Waals surface area (Å²) < 4.78 is 89.9. The normalized spacial score (nSPS) is 23.7. The number of nitrogens with zero attached hydrogens (tertiary/aromatic N) is 5. The molecule has 33 heteroatoms. The van der Waals surface area contributed by atoms with E-state index in [1.165, 1.54) is 66.4 Å². The van der Waals surface area contributed by atoms with E-state index in [1.807, 2.05) is 0 Å². The Bertz CT molecular complexity index is 3440. The van der Waals surface area contributed by atoms with Crippen molar-refractivity contribution in [3.8, 4) is 34.5 Å². The van der Waals surface area contributed by atoms with Crippen molar-refractivity contribution in [2.24, 2.45) is 5.11 Å².